The molecule has 1 aromatic rings. The molecule has 0 saturated carbocycles. The molecule has 2 heterocycles. The Morgan fingerprint density at radius 1 is 1.69 bits per heavy atom. The smallest absolute Gasteiger partial charge is 0.170 e. The van der Waals surface area contributed by atoms with Crippen molar-refractivity contribution < 1.29 is 4.79 Å². The van der Waals surface area contributed by atoms with Crippen molar-refractivity contribution in [2.24, 2.45) is 0 Å². The molecule has 0 amide bonds. The largest absolute Gasteiger partial charge is 0.298 e. The van der Waals surface area contributed by atoms with Gasteiger partial charge in [0.25, 0.3) is 0 Å². The number of aldehydes is 1. The van der Waals surface area contributed by atoms with E-state index in [9.17, 15) is 4.79 Å². The third kappa shape index (κ3) is 2.32. The molecule has 0 bridgehead atoms. The Morgan fingerprint density at radius 3 is 3.12 bits per heavy atom. The summed E-state index contributed by atoms with van der Waals surface area (Å²) in [5, 5.41) is 6.87. The summed E-state index contributed by atoms with van der Waals surface area (Å²) in [6, 6.07) is 3.05. The Labute approximate surface area is 96.0 Å². The molecule has 4 heteroatoms. The number of carbonyl (C=O) groups excluding carboxylic acids is 1. The maximum absolute atomic E-state index is 10.5. The molecule has 0 aromatic carbocycles. The van der Waals surface area contributed by atoms with Gasteiger partial charge in [0.2, 0.25) is 0 Å². The molecule has 4 nitrogen and oxygen atoms in total. The SMILES string of the molecule is CC(C)N1CCCC1Cc1cc(C=O)n[nH]1. The van der Waals surface area contributed by atoms with Crippen LogP contribution in [0.25, 0.3) is 0 Å². The predicted octanol–water partition coefficient (Wildman–Crippen LogP) is 1.64. The number of nitrogens with one attached hydrogen (secondary N) is 1. The zero-order valence-electron chi connectivity index (χ0n) is 9.94. The Balaban J connectivity index is 2.00. The lowest BCUT2D eigenvalue weighted by atomic mass is 10.1. The van der Waals surface area contributed by atoms with E-state index in [-0.39, 0.29) is 0 Å². The normalized spacial score (nSPS) is 21.8. The maximum atomic E-state index is 10.5. The Bertz CT molecular complexity index is 359. The first-order valence-corrected chi connectivity index (χ1v) is 5.96. The van der Waals surface area contributed by atoms with E-state index >= 15 is 0 Å². The first-order valence-electron chi connectivity index (χ1n) is 5.96. The second-order valence-corrected chi connectivity index (χ2v) is 4.77. The van der Waals surface area contributed by atoms with Gasteiger partial charge in [-0.15, -0.1) is 0 Å². The second kappa shape index (κ2) is 4.78. The highest BCUT2D eigenvalue weighted by Gasteiger charge is 2.26. The van der Waals surface area contributed by atoms with E-state index < -0.39 is 0 Å². The van der Waals surface area contributed by atoms with E-state index in [0.29, 0.717) is 17.8 Å². The number of hydrogen-bond acceptors (Lipinski definition) is 3. The fourth-order valence-corrected chi connectivity index (χ4v) is 2.56. The topological polar surface area (TPSA) is 49.0 Å². The number of likely N-dealkylation sites (tertiary alicyclic amines) is 1. The van der Waals surface area contributed by atoms with Crippen molar-refractivity contribution in [3.05, 3.63) is 17.5 Å². The minimum atomic E-state index is 0.504. The lowest BCUT2D eigenvalue weighted by molar-refractivity contribution is 0.111. The summed E-state index contributed by atoms with van der Waals surface area (Å²) in [5.74, 6) is 0. The van der Waals surface area contributed by atoms with Gasteiger partial charge in [0, 0.05) is 24.2 Å². The second-order valence-electron chi connectivity index (χ2n) is 4.77. The van der Waals surface area contributed by atoms with Crippen LogP contribution >= 0.6 is 0 Å². The fraction of sp³-hybridized carbons (Fsp3) is 0.667. The Kier molecular flexibility index (Phi) is 3.39. The molecule has 1 atom stereocenters. The van der Waals surface area contributed by atoms with Crippen LogP contribution < -0.4 is 0 Å². The molecule has 1 saturated heterocycles. The third-order valence-corrected chi connectivity index (χ3v) is 3.31. The van der Waals surface area contributed by atoms with Crippen molar-refractivity contribution in [2.75, 3.05) is 6.54 Å². The monoisotopic (exact) mass is 221 g/mol. The van der Waals surface area contributed by atoms with Crippen LogP contribution in [0.5, 0.6) is 0 Å². The first-order chi connectivity index (χ1) is 7.70. The van der Waals surface area contributed by atoms with Crippen LogP contribution in [-0.2, 0) is 6.42 Å². The molecule has 0 radical (unpaired) electrons. The number of aromatic nitrogens is 2. The summed E-state index contributed by atoms with van der Waals surface area (Å²) >= 11 is 0. The molecular weight excluding hydrogens is 202 g/mol. The fourth-order valence-electron chi connectivity index (χ4n) is 2.56. The van der Waals surface area contributed by atoms with E-state index in [1.165, 1.54) is 19.4 Å². The highest BCUT2D eigenvalue weighted by molar-refractivity contribution is 5.71. The molecule has 1 N–H and O–H groups in total. The summed E-state index contributed by atoms with van der Waals surface area (Å²) in [4.78, 5) is 13.1. The molecule has 0 spiro atoms. The molecule has 1 aliphatic heterocycles. The third-order valence-electron chi connectivity index (χ3n) is 3.31. The van der Waals surface area contributed by atoms with E-state index in [0.717, 1.165) is 18.4 Å². The van der Waals surface area contributed by atoms with E-state index in [2.05, 4.69) is 28.9 Å². The van der Waals surface area contributed by atoms with Crippen molar-refractivity contribution in [3.63, 3.8) is 0 Å². The average Bonchev–Trinajstić information content (AvgIpc) is 2.87. The highest BCUT2D eigenvalue weighted by Crippen LogP contribution is 2.22. The number of H-pyrrole nitrogens is 1. The summed E-state index contributed by atoms with van der Waals surface area (Å²) < 4.78 is 0. The van der Waals surface area contributed by atoms with Crippen LogP contribution in [0.3, 0.4) is 0 Å². The molecular formula is C12H19N3O. The molecule has 1 fully saturated rings. The van der Waals surface area contributed by atoms with Gasteiger partial charge in [-0.3, -0.25) is 14.8 Å². The molecule has 16 heavy (non-hydrogen) atoms. The van der Waals surface area contributed by atoms with Crippen LogP contribution in [0.2, 0.25) is 0 Å². The maximum Gasteiger partial charge on any atom is 0.170 e. The van der Waals surface area contributed by atoms with E-state index in [1.54, 1.807) is 0 Å². The van der Waals surface area contributed by atoms with Crippen LogP contribution in [0.15, 0.2) is 6.07 Å². The summed E-state index contributed by atoms with van der Waals surface area (Å²) in [7, 11) is 0. The average molecular weight is 221 g/mol. The van der Waals surface area contributed by atoms with Crippen molar-refractivity contribution in [2.45, 2.75) is 45.2 Å². The van der Waals surface area contributed by atoms with Gasteiger partial charge < -0.3 is 0 Å². The van der Waals surface area contributed by atoms with Gasteiger partial charge >= 0.3 is 0 Å². The van der Waals surface area contributed by atoms with Gasteiger partial charge in [-0.2, -0.15) is 5.10 Å². The quantitative estimate of drug-likeness (QED) is 0.786. The van der Waals surface area contributed by atoms with Crippen LogP contribution in [0, 0.1) is 0 Å². The van der Waals surface area contributed by atoms with Crippen LogP contribution in [-0.4, -0.2) is 40.0 Å². The van der Waals surface area contributed by atoms with Gasteiger partial charge in [-0.1, -0.05) is 0 Å². The van der Waals surface area contributed by atoms with Crippen molar-refractivity contribution >= 4 is 6.29 Å². The highest BCUT2D eigenvalue weighted by atomic mass is 16.1. The zero-order chi connectivity index (χ0) is 11.5. The van der Waals surface area contributed by atoms with E-state index in [4.69, 9.17) is 0 Å². The molecule has 1 aliphatic rings. The molecule has 1 unspecified atom stereocenters. The number of hydrogen-bond donors (Lipinski definition) is 1. The molecule has 1 aromatic heterocycles. The lowest BCUT2D eigenvalue weighted by Crippen LogP contribution is -2.36. The predicted molar refractivity (Wildman–Crippen MR) is 62.5 cm³/mol. The minimum absolute atomic E-state index is 0.504. The lowest BCUT2D eigenvalue weighted by Gasteiger charge is -2.27. The Hall–Kier alpha value is -1.16. The summed E-state index contributed by atoms with van der Waals surface area (Å²) in [5.41, 5.74) is 1.57. The minimum Gasteiger partial charge on any atom is -0.298 e. The van der Waals surface area contributed by atoms with E-state index in [1.807, 2.05) is 6.07 Å². The molecule has 88 valence electrons. The number of aromatic amines is 1. The number of rotatable bonds is 4. The van der Waals surface area contributed by atoms with Gasteiger partial charge in [-0.25, -0.2) is 0 Å². The van der Waals surface area contributed by atoms with Gasteiger partial charge in [0.1, 0.15) is 5.69 Å². The van der Waals surface area contributed by atoms with Crippen LogP contribution in [0.4, 0.5) is 0 Å². The Morgan fingerprint density at radius 2 is 2.50 bits per heavy atom. The van der Waals surface area contributed by atoms with Gasteiger partial charge in [0.15, 0.2) is 6.29 Å². The van der Waals surface area contributed by atoms with Crippen molar-refractivity contribution in [3.8, 4) is 0 Å². The zero-order valence-corrected chi connectivity index (χ0v) is 9.94. The van der Waals surface area contributed by atoms with Crippen molar-refractivity contribution in [1.82, 2.24) is 15.1 Å². The van der Waals surface area contributed by atoms with Gasteiger partial charge in [0.05, 0.1) is 0 Å². The standard InChI is InChI=1S/C12H19N3O/c1-9(2)15-5-3-4-12(15)7-10-6-11(8-16)14-13-10/h6,8-9,12H,3-5,7H2,1-2H3,(H,13,14). The van der Waals surface area contributed by atoms with Crippen molar-refractivity contribution in [1.29, 1.82) is 0 Å². The number of carbonyl (C=O) groups is 1. The summed E-state index contributed by atoms with van der Waals surface area (Å²) in [6.45, 7) is 5.67. The summed E-state index contributed by atoms with van der Waals surface area (Å²) in [6.07, 6.45) is 4.28. The molecule has 2 rings (SSSR count). The first kappa shape index (κ1) is 11.3. The van der Waals surface area contributed by atoms with Crippen LogP contribution in [0.1, 0.15) is 42.9 Å². The number of nitrogens with zero attached hydrogens (tertiary/aromatic N) is 2. The molecule has 0 aliphatic carbocycles. The van der Waals surface area contributed by atoms with Gasteiger partial charge in [-0.05, 0) is 39.3 Å².